The zero-order chi connectivity index (χ0) is 22.9. The van der Waals surface area contributed by atoms with E-state index in [0.29, 0.717) is 10.6 Å². The number of nitrogens with one attached hydrogen (secondary N) is 1. The van der Waals surface area contributed by atoms with Crippen molar-refractivity contribution in [2.75, 3.05) is 14.1 Å². The van der Waals surface area contributed by atoms with Gasteiger partial charge in [0.2, 0.25) is 5.91 Å². The second-order valence-electron chi connectivity index (χ2n) is 7.57. The van der Waals surface area contributed by atoms with Crippen LogP contribution in [0, 0.1) is 24.2 Å². The first-order valence-electron chi connectivity index (χ1n) is 9.65. The average Bonchev–Trinajstić information content (AvgIpc) is 2.76. The largest absolute Gasteiger partial charge is 0.331 e. The number of carbonyl (C=O) groups excluding carboxylic acids is 4. The van der Waals surface area contributed by atoms with Gasteiger partial charge >= 0.3 is 6.03 Å². The minimum atomic E-state index is -1.26. The number of nitrogens with zero attached hydrogens (tertiary/aromatic N) is 2. The molecule has 2 unspecified atom stereocenters. The number of benzene rings is 2. The topological polar surface area (TPSA) is 98.6 Å². The van der Waals surface area contributed by atoms with Crippen LogP contribution in [0.4, 0.5) is 4.79 Å². The van der Waals surface area contributed by atoms with E-state index in [0.717, 1.165) is 15.4 Å². The van der Waals surface area contributed by atoms with Gasteiger partial charge in [-0.05, 0) is 31.2 Å². The normalized spacial score (nSPS) is 17.7. The molecule has 2 atom stereocenters. The number of carbonyl (C=O) groups is 4. The fourth-order valence-electron chi connectivity index (χ4n) is 3.57. The molecule has 1 fully saturated rings. The van der Waals surface area contributed by atoms with E-state index >= 15 is 0 Å². The molecule has 160 valence electrons. The van der Waals surface area contributed by atoms with E-state index in [1.807, 2.05) is 6.92 Å². The number of ketones is 2. The number of hydrogen-bond acceptors (Lipinski definition) is 5. The quantitative estimate of drug-likeness (QED) is 0.691. The summed E-state index contributed by atoms with van der Waals surface area (Å²) < 4.78 is 0. The second kappa shape index (κ2) is 8.81. The maximum Gasteiger partial charge on any atom is 0.331 e. The first-order valence-corrected chi connectivity index (χ1v) is 10.0. The molecule has 0 radical (unpaired) electrons. The van der Waals surface area contributed by atoms with E-state index in [4.69, 9.17) is 17.0 Å². The second-order valence-corrected chi connectivity index (χ2v) is 8.01. The molecule has 1 saturated heterocycles. The summed E-state index contributed by atoms with van der Waals surface area (Å²) in [7, 11) is 2.67. The maximum atomic E-state index is 13.4. The Morgan fingerprint density at radius 1 is 0.968 bits per heavy atom. The van der Waals surface area contributed by atoms with Crippen molar-refractivity contribution in [3.63, 3.8) is 0 Å². The van der Waals surface area contributed by atoms with Crippen LogP contribution in [0.15, 0.2) is 48.5 Å². The first kappa shape index (κ1) is 22.4. The Bertz CT molecular complexity index is 1040. The highest BCUT2D eigenvalue weighted by Gasteiger charge is 2.47. The predicted octanol–water partition coefficient (Wildman–Crippen LogP) is 3.84. The summed E-state index contributed by atoms with van der Waals surface area (Å²) in [6.45, 7) is 1.89. The van der Waals surface area contributed by atoms with Crippen LogP contribution < -0.4 is 0 Å². The molecule has 7 nitrogen and oxygen atoms in total. The number of aryl methyl sites for hydroxylation is 1. The molecular weight excluding hydrogens is 418 g/mol. The Hall–Kier alpha value is -3.32. The molecule has 1 heterocycles. The molecule has 0 aromatic heterocycles. The van der Waals surface area contributed by atoms with Crippen LogP contribution in [-0.4, -0.2) is 53.2 Å². The molecule has 2 aromatic rings. The average molecular weight is 440 g/mol. The lowest BCUT2D eigenvalue weighted by atomic mass is 9.78. The van der Waals surface area contributed by atoms with Crippen molar-refractivity contribution >= 4 is 40.9 Å². The van der Waals surface area contributed by atoms with Crippen LogP contribution in [-0.2, 0) is 4.79 Å². The van der Waals surface area contributed by atoms with Gasteiger partial charge in [0.1, 0.15) is 11.8 Å². The van der Waals surface area contributed by atoms with Gasteiger partial charge in [-0.1, -0.05) is 41.4 Å². The molecule has 0 aliphatic carbocycles. The number of amidine groups is 1. The van der Waals surface area contributed by atoms with Crippen LogP contribution in [0.3, 0.4) is 0 Å². The molecule has 31 heavy (non-hydrogen) atoms. The fourth-order valence-corrected chi connectivity index (χ4v) is 3.69. The van der Waals surface area contributed by atoms with Gasteiger partial charge in [0.05, 0.1) is 0 Å². The summed E-state index contributed by atoms with van der Waals surface area (Å²) in [5.74, 6) is -4.18. The fraction of sp³-hybridized carbons (Fsp3) is 0.261. The highest BCUT2D eigenvalue weighted by atomic mass is 35.5. The van der Waals surface area contributed by atoms with Crippen molar-refractivity contribution in [3.05, 3.63) is 70.2 Å². The summed E-state index contributed by atoms with van der Waals surface area (Å²) in [6, 6.07) is 12.4. The number of Topliss-reactive ketones (excluding diaryl/α,β-unsaturated/α-hetero) is 2. The zero-order valence-electron chi connectivity index (χ0n) is 17.4. The lowest BCUT2D eigenvalue weighted by Crippen LogP contribution is -2.59. The van der Waals surface area contributed by atoms with Crippen LogP contribution in [0.25, 0.3) is 0 Å². The lowest BCUT2D eigenvalue weighted by molar-refractivity contribution is -0.131. The van der Waals surface area contributed by atoms with Crippen molar-refractivity contribution in [3.8, 4) is 0 Å². The number of hydrogen-bond donors (Lipinski definition) is 1. The van der Waals surface area contributed by atoms with E-state index in [9.17, 15) is 19.2 Å². The summed E-state index contributed by atoms with van der Waals surface area (Å²) in [4.78, 5) is 53.4. The number of halogens is 1. The third-order valence-corrected chi connectivity index (χ3v) is 5.73. The zero-order valence-corrected chi connectivity index (χ0v) is 18.1. The minimum Gasteiger partial charge on any atom is -0.294 e. The summed E-state index contributed by atoms with van der Waals surface area (Å²) in [6.07, 6.45) is -0.279. The SMILES string of the molecule is Cc1ccc(C(=O)CC(C(=O)c2ccc(Cl)cc2)C2C(=N)N(C)C(=O)N(C)C2=O)cc1. The van der Waals surface area contributed by atoms with Crippen LogP contribution in [0.1, 0.15) is 32.7 Å². The predicted molar refractivity (Wildman–Crippen MR) is 117 cm³/mol. The number of amides is 3. The minimum absolute atomic E-state index is 0.272. The summed E-state index contributed by atoms with van der Waals surface area (Å²) in [5.41, 5.74) is 1.66. The summed E-state index contributed by atoms with van der Waals surface area (Å²) in [5, 5.41) is 8.81. The van der Waals surface area contributed by atoms with Gasteiger partial charge < -0.3 is 0 Å². The highest BCUT2D eigenvalue weighted by Crippen LogP contribution is 2.30. The van der Waals surface area contributed by atoms with Crippen molar-refractivity contribution < 1.29 is 19.2 Å². The molecule has 0 saturated carbocycles. The summed E-state index contributed by atoms with van der Waals surface area (Å²) >= 11 is 5.92. The van der Waals surface area contributed by atoms with Crippen LogP contribution >= 0.6 is 11.6 Å². The van der Waals surface area contributed by atoms with Gasteiger partial charge in [-0.15, -0.1) is 0 Å². The molecule has 3 rings (SSSR count). The van der Waals surface area contributed by atoms with Crippen molar-refractivity contribution in [2.45, 2.75) is 13.3 Å². The van der Waals surface area contributed by atoms with Gasteiger partial charge in [-0.3, -0.25) is 29.6 Å². The third kappa shape index (κ3) is 4.41. The molecule has 1 N–H and O–H groups in total. The smallest absolute Gasteiger partial charge is 0.294 e. The van der Waals surface area contributed by atoms with Crippen molar-refractivity contribution in [1.82, 2.24) is 9.80 Å². The van der Waals surface area contributed by atoms with Crippen LogP contribution in [0.2, 0.25) is 5.02 Å². The highest BCUT2D eigenvalue weighted by molar-refractivity contribution is 6.30. The molecule has 0 spiro atoms. The molecule has 2 aromatic carbocycles. The van der Waals surface area contributed by atoms with E-state index < -0.39 is 29.6 Å². The Balaban J connectivity index is 2.02. The molecular formula is C23H22ClN3O4. The molecule has 0 bridgehead atoms. The maximum absolute atomic E-state index is 13.4. The van der Waals surface area contributed by atoms with Crippen LogP contribution in [0.5, 0.6) is 0 Å². The van der Waals surface area contributed by atoms with Gasteiger partial charge in [-0.2, -0.15) is 0 Å². The molecule has 3 amide bonds. The van der Waals surface area contributed by atoms with E-state index in [2.05, 4.69) is 0 Å². The molecule has 8 heteroatoms. The van der Waals surface area contributed by atoms with E-state index in [1.54, 1.807) is 36.4 Å². The van der Waals surface area contributed by atoms with E-state index in [-0.39, 0.29) is 23.6 Å². The Labute approximate surface area is 185 Å². The number of rotatable bonds is 6. The Morgan fingerprint density at radius 3 is 2.10 bits per heavy atom. The standard InChI is InChI=1S/C23H22ClN3O4/c1-13-4-6-14(7-5-13)18(28)12-17(20(29)15-8-10-16(24)11-9-15)19-21(25)26(2)23(31)27(3)22(19)30/h4-11,17,19,25H,12H2,1-3H3. The van der Waals surface area contributed by atoms with Gasteiger partial charge in [0.15, 0.2) is 11.6 Å². The Kier molecular flexibility index (Phi) is 6.36. The van der Waals surface area contributed by atoms with Gasteiger partial charge in [0, 0.05) is 42.6 Å². The molecule has 1 aliphatic rings. The van der Waals surface area contributed by atoms with E-state index in [1.165, 1.54) is 26.2 Å². The monoisotopic (exact) mass is 439 g/mol. The first-order chi connectivity index (χ1) is 14.6. The van der Waals surface area contributed by atoms with Crippen molar-refractivity contribution in [2.24, 2.45) is 11.8 Å². The van der Waals surface area contributed by atoms with Gasteiger partial charge in [-0.25, -0.2) is 4.79 Å². The van der Waals surface area contributed by atoms with Gasteiger partial charge in [0.25, 0.3) is 0 Å². The molecule has 1 aliphatic heterocycles. The van der Waals surface area contributed by atoms with Crippen molar-refractivity contribution in [1.29, 1.82) is 5.41 Å². The lowest BCUT2D eigenvalue weighted by Gasteiger charge is -2.37. The number of urea groups is 1. The number of imide groups is 1. The third-order valence-electron chi connectivity index (χ3n) is 5.47. The Morgan fingerprint density at radius 2 is 1.52 bits per heavy atom.